The number of quaternary nitrogens is 2. The van der Waals surface area contributed by atoms with Gasteiger partial charge in [-0.1, -0.05) is 248 Å². The zero-order valence-corrected chi connectivity index (χ0v) is 70.8. The highest BCUT2D eigenvalue weighted by Gasteiger charge is 2.37. The van der Waals surface area contributed by atoms with E-state index in [4.69, 9.17) is 92.8 Å². The van der Waals surface area contributed by atoms with Gasteiger partial charge in [0.25, 0.3) is 23.6 Å². The number of benzene rings is 8. The number of carbonyl (C=O) groups is 8. The lowest BCUT2D eigenvalue weighted by molar-refractivity contribution is -0.929. The normalized spacial score (nSPS) is 11.8. The minimum absolute atomic E-state index is 0. The zero-order chi connectivity index (χ0) is 80.2. The number of amides is 4. The molecule has 0 atom stereocenters. The first kappa shape index (κ1) is 95.0. The summed E-state index contributed by atoms with van der Waals surface area (Å²) in [6.45, 7) is 30.0. The van der Waals surface area contributed by atoms with Crippen molar-refractivity contribution in [3.05, 3.63) is 253 Å². The van der Waals surface area contributed by atoms with Crippen LogP contribution in [0, 0.1) is 0 Å². The molecule has 14 nitrogen and oxygen atoms in total. The topological polar surface area (TPSA) is 185 Å². The summed E-state index contributed by atoms with van der Waals surface area (Å²) in [7, 11) is 0. The van der Waals surface area contributed by atoms with Gasteiger partial charge in [-0.2, -0.15) is 0 Å². The van der Waals surface area contributed by atoms with Crippen molar-refractivity contribution in [2.75, 3.05) is 73.6 Å². The number of halogens is 10. The van der Waals surface area contributed by atoms with E-state index in [0.717, 1.165) is 0 Å². The number of unbranched alkanes of at least 4 members (excludes halogenated alkanes) is 8. The molecule has 8 aromatic rings. The Morgan fingerprint density at radius 1 is 0.268 bits per heavy atom. The Kier molecular flexibility index (Phi) is 39.6. The van der Waals surface area contributed by atoms with E-state index in [1.54, 1.807) is 24.3 Å². The summed E-state index contributed by atoms with van der Waals surface area (Å²) in [4.78, 5) is 107. The van der Waals surface area contributed by atoms with Crippen LogP contribution in [-0.2, 0) is 0 Å². The van der Waals surface area contributed by atoms with Crippen molar-refractivity contribution in [3.63, 3.8) is 0 Å². The molecule has 2 aliphatic rings. The number of nitrogens with zero attached hydrogens (tertiary/aromatic N) is 2. The zero-order valence-electron chi connectivity index (χ0n) is 64.8. The molecule has 24 heteroatoms. The highest BCUT2D eigenvalue weighted by atomic mass is 35.5. The largest absolute Gasteiger partial charge is 1.00 e. The van der Waals surface area contributed by atoms with Crippen LogP contribution in [0.3, 0.4) is 0 Å². The molecular weight excluding hydrogens is 1590 g/mol. The fourth-order valence-electron chi connectivity index (χ4n) is 13.7. The van der Waals surface area contributed by atoms with E-state index in [0.29, 0.717) is 31.5 Å². The first-order valence-electron chi connectivity index (χ1n) is 38.2. The SMILES string of the molecule is CCCC[N+](CCCC)(CCCC)CCCC.CCCC[N+](CCCC)(CCCC)CCCC.O=C(Nc1cc(Cl)cc(Cl)c1)c1cc(C(=O)Nc2cc(Cl)cc(Cl)c2)c2c(c1)C(=O)c1ccccc1C2=O.O=C(Nc1cc(Cl)cc(Cl)c1)c1cc(C(=O)Nc2cc(Cl)cc(Cl)c2)c2c(c1)C(=O)c1ccccc1C2=O.[F-].[F-]. The van der Waals surface area contributed by atoms with Crippen molar-refractivity contribution >= 4 is 162 Å². The highest BCUT2D eigenvalue weighted by molar-refractivity contribution is 6.38. The van der Waals surface area contributed by atoms with Gasteiger partial charge >= 0.3 is 0 Å². The van der Waals surface area contributed by atoms with E-state index >= 15 is 0 Å². The van der Waals surface area contributed by atoms with Gasteiger partial charge in [0.15, 0.2) is 23.1 Å². The summed E-state index contributed by atoms with van der Waals surface area (Å²) >= 11 is 48.3. The summed E-state index contributed by atoms with van der Waals surface area (Å²) in [5, 5.41) is 12.9. The number of ketones is 4. The average molecular weight is 1690 g/mol. The van der Waals surface area contributed by atoms with Gasteiger partial charge in [-0.05, 0) is 148 Å². The van der Waals surface area contributed by atoms with Crippen molar-refractivity contribution in [1.29, 1.82) is 0 Å². The van der Waals surface area contributed by atoms with Gasteiger partial charge < -0.3 is 39.6 Å². The fraction of sp³-hybridized carbons (Fsp3) is 0.364. The van der Waals surface area contributed by atoms with Crippen LogP contribution in [0.5, 0.6) is 0 Å². The van der Waals surface area contributed by atoms with Crippen molar-refractivity contribution in [3.8, 4) is 0 Å². The lowest BCUT2D eigenvalue weighted by Gasteiger charge is -2.39. The minimum atomic E-state index is -0.736. The quantitative estimate of drug-likeness (QED) is 0.0300. The predicted octanol–water partition coefficient (Wildman–Crippen LogP) is 19.2. The van der Waals surface area contributed by atoms with E-state index in [1.807, 2.05) is 0 Å². The standard InChI is InChI=1S/2C28H14Cl4N2O4.2C16H36N.2FH/c2*29-14-7-15(30)10-18(9-14)33-27(37)13-5-22-24(26(36)21-4-2-1-3-20(21)25(22)35)23(6-13)28(38)34-19-11-16(31)8-17(32)12-19;2*1-5-9-13-17(14-10-6-2,15-11-7-3)16-12-8-4;;/h2*1-12H,(H,33,37)(H,34,38);2*5-16H2,1-4H3;2*1H/q;;2*+1;;/p-2. The van der Waals surface area contributed by atoms with Crippen molar-refractivity contribution in [2.45, 2.75) is 158 Å². The molecule has 10 rings (SSSR count). The van der Waals surface area contributed by atoms with E-state index in [1.165, 1.54) is 285 Å². The van der Waals surface area contributed by atoms with Crippen LogP contribution < -0.4 is 30.7 Å². The van der Waals surface area contributed by atoms with Crippen molar-refractivity contribution in [1.82, 2.24) is 0 Å². The van der Waals surface area contributed by atoms with Crippen LogP contribution in [-0.4, -0.2) is 108 Å². The van der Waals surface area contributed by atoms with Crippen LogP contribution >= 0.6 is 92.8 Å². The smallest absolute Gasteiger partial charge is 0.256 e. The molecule has 0 radical (unpaired) electrons. The van der Waals surface area contributed by atoms with Crippen LogP contribution in [0.25, 0.3) is 0 Å². The maximum atomic E-state index is 13.5. The maximum Gasteiger partial charge on any atom is 0.256 e. The number of hydrogen-bond acceptors (Lipinski definition) is 8. The number of rotatable bonds is 32. The second kappa shape index (κ2) is 46.7. The van der Waals surface area contributed by atoms with Crippen LogP contribution in [0.15, 0.2) is 146 Å². The second-order valence-corrected chi connectivity index (χ2v) is 31.5. The third-order valence-corrected chi connectivity index (χ3v) is 21.2. The Bertz CT molecular complexity index is 4170. The maximum absolute atomic E-state index is 13.5. The van der Waals surface area contributed by atoms with E-state index in [-0.39, 0.29) is 108 Å². The average Bonchev–Trinajstić information content (AvgIpc) is 0.746. The molecule has 4 amide bonds. The number of anilines is 4. The Morgan fingerprint density at radius 3 is 0.670 bits per heavy atom. The van der Waals surface area contributed by atoms with Crippen molar-refractivity contribution in [2.24, 2.45) is 0 Å². The number of fused-ring (bicyclic) bond motifs is 4. The number of carbonyl (C=O) groups excluding carboxylic acids is 8. The highest BCUT2D eigenvalue weighted by Crippen LogP contribution is 2.36. The third-order valence-electron chi connectivity index (χ3n) is 19.4. The summed E-state index contributed by atoms with van der Waals surface area (Å²) < 4.78 is 2.84. The van der Waals surface area contributed by atoms with Gasteiger partial charge in [-0.25, -0.2) is 0 Å². The molecule has 0 spiro atoms. The van der Waals surface area contributed by atoms with Gasteiger partial charge in [0.1, 0.15) is 0 Å². The van der Waals surface area contributed by atoms with E-state index in [2.05, 4.69) is 76.7 Å². The van der Waals surface area contributed by atoms with Gasteiger partial charge in [-0.15, -0.1) is 0 Å². The van der Waals surface area contributed by atoms with Crippen LogP contribution in [0.2, 0.25) is 40.2 Å². The van der Waals surface area contributed by atoms with Gasteiger partial charge in [0.05, 0.1) is 63.5 Å². The molecule has 0 unspecified atom stereocenters. The van der Waals surface area contributed by atoms with Gasteiger partial charge in [0.2, 0.25) is 0 Å². The monoisotopic (exact) mass is 1690 g/mol. The van der Waals surface area contributed by atoms with Gasteiger partial charge in [-0.3, -0.25) is 38.4 Å². The molecule has 0 saturated heterocycles. The molecule has 600 valence electrons. The number of hydrogen-bond donors (Lipinski definition) is 4. The minimum Gasteiger partial charge on any atom is -1.00 e. The summed E-state index contributed by atoms with van der Waals surface area (Å²) in [6, 6.07) is 35.5. The molecule has 0 saturated carbocycles. The predicted molar refractivity (Wildman–Crippen MR) is 456 cm³/mol. The molecule has 0 bridgehead atoms. The molecule has 2 aliphatic carbocycles. The Morgan fingerprint density at radius 2 is 0.464 bits per heavy atom. The first-order valence-corrected chi connectivity index (χ1v) is 41.2. The third kappa shape index (κ3) is 26.8. The second-order valence-electron chi connectivity index (χ2n) is 28.0. The molecule has 0 fully saturated rings. The molecular formula is C88H100Cl8F2N6O8. The van der Waals surface area contributed by atoms with Gasteiger partial charge in [0, 0.05) is 119 Å². The molecule has 8 aromatic carbocycles. The van der Waals surface area contributed by atoms with E-state index < -0.39 is 46.8 Å². The molecule has 0 heterocycles. The summed E-state index contributed by atoms with van der Waals surface area (Å²) in [5.74, 6) is -4.78. The molecule has 112 heavy (non-hydrogen) atoms. The van der Waals surface area contributed by atoms with Crippen molar-refractivity contribution < 1.29 is 56.7 Å². The molecule has 0 aliphatic heterocycles. The Hall–Kier alpha value is -7.58. The fourth-order valence-corrected chi connectivity index (χ4v) is 15.8. The Balaban J connectivity index is 0.000000285. The van der Waals surface area contributed by atoms with Crippen LogP contribution in [0.1, 0.15) is 263 Å². The van der Waals surface area contributed by atoms with E-state index in [9.17, 15) is 38.4 Å². The summed E-state index contributed by atoms with van der Waals surface area (Å²) in [5.41, 5.74) is 1.06. The van der Waals surface area contributed by atoms with Crippen LogP contribution in [0.4, 0.5) is 22.7 Å². The molecule has 4 N–H and O–H groups in total. The first-order chi connectivity index (χ1) is 52.7. The lowest BCUT2D eigenvalue weighted by atomic mass is 9.80. The lowest BCUT2D eigenvalue weighted by Crippen LogP contribution is -3.00. The number of nitrogens with one attached hydrogen (secondary N) is 4. The Labute approximate surface area is 698 Å². The molecule has 0 aromatic heterocycles. The summed E-state index contributed by atoms with van der Waals surface area (Å²) in [6.07, 6.45) is 22.1.